The van der Waals surface area contributed by atoms with Gasteiger partial charge in [0.2, 0.25) is 0 Å². The van der Waals surface area contributed by atoms with Gasteiger partial charge in [0.05, 0.1) is 24.5 Å². The van der Waals surface area contributed by atoms with Crippen molar-refractivity contribution in [3.8, 4) is 11.5 Å². The normalized spacial score (nSPS) is 25.7. The van der Waals surface area contributed by atoms with Gasteiger partial charge in [0.25, 0.3) is 17.7 Å². The molecule has 44 heavy (non-hydrogen) atoms. The molecule has 4 aliphatic carbocycles. The van der Waals surface area contributed by atoms with Crippen LogP contribution in [0, 0.1) is 35.5 Å². The molecule has 9 nitrogen and oxygen atoms in total. The average molecular weight is 611 g/mol. The van der Waals surface area contributed by atoms with Crippen molar-refractivity contribution in [2.75, 3.05) is 13.7 Å². The van der Waals surface area contributed by atoms with E-state index in [-0.39, 0.29) is 28.7 Å². The monoisotopic (exact) mass is 610 g/mol. The van der Waals surface area contributed by atoms with Crippen LogP contribution in [0.5, 0.6) is 11.5 Å². The predicted octanol–water partition coefficient (Wildman–Crippen LogP) is 4.86. The molecule has 0 aromatic heterocycles. The highest BCUT2D eigenvalue weighted by molar-refractivity contribution is 6.30. The van der Waals surface area contributed by atoms with E-state index in [0.29, 0.717) is 28.2 Å². The Bertz CT molecular complexity index is 1700. The molecule has 0 spiro atoms. The third-order valence-corrected chi connectivity index (χ3v) is 9.44. The summed E-state index contributed by atoms with van der Waals surface area (Å²) in [4.78, 5) is 67.7. The summed E-state index contributed by atoms with van der Waals surface area (Å²) in [6.07, 6.45) is 5.11. The highest BCUT2D eigenvalue weighted by atomic mass is 35.5. The third-order valence-electron chi connectivity index (χ3n) is 9.19. The van der Waals surface area contributed by atoms with Crippen LogP contribution in [-0.4, -0.2) is 53.1 Å². The minimum Gasteiger partial charge on any atom is -0.497 e. The van der Waals surface area contributed by atoms with E-state index in [4.69, 9.17) is 21.1 Å². The number of carbonyl (C=O) groups is 5. The van der Waals surface area contributed by atoms with E-state index in [9.17, 15) is 24.0 Å². The van der Waals surface area contributed by atoms with Crippen molar-refractivity contribution < 1.29 is 33.4 Å². The van der Waals surface area contributed by atoms with Gasteiger partial charge in [-0.3, -0.25) is 19.2 Å². The van der Waals surface area contributed by atoms with Crippen LogP contribution in [0.2, 0.25) is 5.02 Å². The van der Waals surface area contributed by atoms with Crippen molar-refractivity contribution in [3.63, 3.8) is 0 Å². The first-order valence-corrected chi connectivity index (χ1v) is 14.8. The number of rotatable bonds is 8. The second-order valence-corrected chi connectivity index (χ2v) is 12.0. The molecule has 0 unspecified atom stereocenters. The molecule has 8 rings (SSSR count). The number of ketones is 1. The summed E-state index contributed by atoms with van der Waals surface area (Å²) < 4.78 is 10.6. The second-order valence-electron chi connectivity index (χ2n) is 11.6. The van der Waals surface area contributed by atoms with Gasteiger partial charge in [-0.1, -0.05) is 29.8 Å². The van der Waals surface area contributed by atoms with Crippen molar-refractivity contribution in [2.24, 2.45) is 35.5 Å². The highest BCUT2D eigenvalue weighted by Gasteiger charge is 2.68. The molecular weight excluding hydrogens is 584 g/mol. The Hall–Kier alpha value is -4.76. The molecule has 2 saturated carbocycles. The standard InChI is InChI=1S/C34H27ClN2O7/c1-43-23-4-2-3-20(15-23)34(42)44-22-11-7-18(8-12-22)28(38)17-36(31(39)19-5-9-21(35)10-6-19)37-32(40)29-24-13-14-25(27-16-26(24)27)30(29)33(37)41/h2-15,24-27,29-30H,16-17H2,1H3/t24-,25-,26-,27+,29-,30+/m0/s1. The Labute approximate surface area is 257 Å². The van der Waals surface area contributed by atoms with E-state index in [0.717, 1.165) is 16.4 Å². The molecule has 6 atom stereocenters. The minimum absolute atomic E-state index is 0.0353. The van der Waals surface area contributed by atoms with Gasteiger partial charge in [-0.2, -0.15) is 5.01 Å². The van der Waals surface area contributed by atoms with E-state index in [1.165, 1.54) is 55.6 Å². The zero-order valence-electron chi connectivity index (χ0n) is 23.6. The first kappa shape index (κ1) is 28.0. The van der Waals surface area contributed by atoms with E-state index in [1.807, 2.05) is 12.2 Å². The fourth-order valence-electron chi connectivity index (χ4n) is 7.01. The topological polar surface area (TPSA) is 110 Å². The van der Waals surface area contributed by atoms with Crippen molar-refractivity contribution in [1.29, 1.82) is 0 Å². The van der Waals surface area contributed by atoms with E-state index in [2.05, 4.69) is 0 Å². The fraction of sp³-hybridized carbons (Fsp3) is 0.265. The van der Waals surface area contributed by atoms with E-state index < -0.39 is 47.9 Å². The zero-order valence-corrected chi connectivity index (χ0v) is 24.3. The summed E-state index contributed by atoms with van der Waals surface area (Å²) in [7, 11) is 1.50. The molecule has 5 aliphatic rings. The summed E-state index contributed by atoms with van der Waals surface area (Å²) in [6, 6.07) is 18.4. The van der Waals surface area contributed by atoms with E-state index in [1.54, 1.807) is 24.3 Å². The van der Waals surface area contributed by atoms with Gasteiger partial charge in [-0.15, -0.1) is 0 Å². The Morgan fingerprint density at radius 1 is 0.818 bits per heavy atom. The molecule has 222 valence electrons. The van der Waals surface area contributed by atoms with Crippen LogP contribution in [0.25, 0.3) is 0 Å². The first-order chi connectivity index (χ1) is 21.2. The minimum atomic E-state index is -0.662. The number of esters is 1. The maximum absolute atomic E-state index is 13.8. The lowest BCUT2D eigenvalue weighted by molar-refractivity contribution is -0.154. The number of halogens is 1. The molecule has 2 bridgehead atoms. The van der Waals surface area contributed by atoms with Gasteiger partial charge in [0.15, 0.2) is 5.78 Å². The maximum Gasteiger partial charge on any atom is 0.343 e. The predicted molar refractivity (Wildman–Crippen MR) is 158 cm³/mol. The lowest BCUT2D eigenvalue weighted by Crippen LogP contribution is -2.52. The smallest absolute Gasteiger partial charge is 0.343 e. The molecule has 1 heterocycles. The molecule has 3 aromatic carbocycles. The van der Waals surface area contributed by atoms with Crippen LogP contribution in [0.3, 0.4) is 0 Å². The number of hydrogen-bond donors (Lipinski definition) is 0. The molecule has 0 radical (unpaired) electrons. The number of amides is 3. The summed E-state index contributed by atoms with van der Waals surface area (Å²) in [5, 5.41) is 2.29. The largest absolute Gasteiger partial charge is 0.497 e. The van der Waals surface area contributed by atoms with Crippen molar-refractivity contribution in [3.05, 3.63) is 107 Å². The lowest BCUT2D eigenvalue weighted by Gasteiger charge is -2.37. The van der Waals surface area contributed by atoms with Gasteiger partial charge in [0, 0.05) is 16.1 Å². The number of Topliss-reactive ketones (excluding diaryl/α,β-unsaturated/α-hetero) is 1. The summed E-state index contributed by atoms with van der Waals surface area (Å²) in [6.45, 7) is -0.545. The van der Waals surface area contributed by atoms with Crippen molar-refractivity contribution >= 4 is 41.1 Å². The molecule has 0 N–H and O–H groups in total. The van der Waals surface area contributed by atoms with Crippen LogP contribution in [0.1, 0.15) is 37.5 Å². The van der Waals surface area contributed by atoms with Crippen LogP contribution in [0.4, 0.5) is 0 Å². The van der Waals surface area contributed by atoms with Crippen LogP contribution < -0.4 is 9.47 Å². The SMILES string of the molecule is COc1cccc(C(=O)Oc2ccc(C(=O)CN(C(=O)c3ccc(Cl)cc3)N3C(=O)[C@@H]4[C@H]5C=C[C@@H]([C@@H]6C[C@H]56)[C@@H]4C3=O)cc2)c1. The Kier molecular flexibility index (Phi) is 6.85. The van der Waals surface area contributed by atoms with Gasteiger partial charge >= 0.3 is 5.97 Å². The van der Waals surface area contributed by atoms with Gasteiger partial charge in [0.1, 0.15) is 18.0 Å². The molecule has 10 heteroatoms. The molecule has 3 aromatic rings. The third kappa shape index (κ3) is 4.68. The summed E-state index contributed by atoms with van der Waals surface area (Å²) in [5.74, 6) is -2.29. The molecule has 3 fully saturated rings. The Morgan fingerprint density at radius 3 is 2.05 bits per heavy atom. The van der Waals surface area contributed by atoms with E-state index >= 15 is 0 Å². The van der Waals surface area contributed by atoms with Crippen LogP contribution in [0.15, 0.2) is 84.9 Å². The number of hydrazine groups is 1. The first-order valence-electron chi connectivity index (χ1n) is 14.4. The average Bonchev–Trinajstić information content (AvgIpc) is 3.83. The van der Waals surface area contributed by atoms with Crippen molar-refractivity contribution in [1.82, 2.24) is 10.0 Å². The fourth-order valence-corrected chi connectivity index (χ4v) is 7.13. The number of hydrogen-bond acceptors (Lipinski definition) is 7. The quantitative estimate of drug-likeness (QED) is 0.118. The molecule has 1 saturated heterocycles. The molecule has 3 amide bonds. The highest BCUT2D eigenvalue weighted by Crippen LogP contribution is 2.65. The number of benzene rings is 3. The molecular formula is C34H27ClN2O7. The molecule has 1 aliphatic heterocycles. The Balaban J connectivity index is 1.13. The number of nitrogens with zero attached hydrogens (tertiary/aromatic N) is 2. The number of carbonyl (C=O) groups excluding carboxylic acids is 5. The summed E-state index contributed by atoms with van der Waals surface area (Å²) in [5.41, 5.74) is 0.684. The zero-order chi connectivity index (χ0) is 30.7. The number of allylic oxidation sites excluding steroid dienone is 2. The lowest BCUT2D eigenvalue weighted by atomic mass is 9.63. The number of methoxy groups -OCH3 is 1. The second kappa shape index (κ2) is 10.7. The van der Waals surface area contributed by atoms with Gasteiger partial charge in [-0.25, -0.2) is 9.80 Å². The number of ether oxygens (including phenoxy) is 2. The number of imide groups is 1. The van der Waals surface area contributed by atoms with Gasteiger partial charge in [-0.05, 0) is 96.8 Å². The van der Waals surface area contributed by atoms with Crippen molar-refractivity contribution in [2.45, 2.75) is 6.42 Å². The maximum atomic E-state index is 13.8. The van der Waals surface area contributed by atoms with Gasteiger partial charge < -0.3 is 9.47 Å². The summed E-state index contributed by atoms with van der Waals surface area (Å²) >= 11 is 6.02. The van der Waals surface area contributed by atoms with Crippen LogP contribution in [-0.2, 0) is 9.59 Å². The van der Waals surface area contributed by atoms with Crippen LogP contribution >= 0.6 is 11.6 Å². The Morgan fingerprint density at radius 2 is 1.43 bits per heavy atom.